The van der Waals surface area contributed by atoms with E-state index >= 15 is 0 Å². The molecular formula is C23H31N3O2. The van der Waals surface area contributed by atoms with E-state index in [-0.39, 0.29) is 17.5 Å². The van der Waals surface area contributed by atoms with Gasteiger partial charge in [-0.1, -0.05) is 31.4 Å². The number of nitrogens with zero attached hydrogens (tertiary/aromatic N) is 1. The smallest absolute Gasteiger partial charge is 0.255 e. The van der Waals surface area contributed by atoms with Crippen LogP contribution in [-0.2, 0) is 4.79 Å². The number of carbonyl (C=O) groups is 2. The molecule has 1 saturated heterocycles. The predicted molar refractivity (Wildman–Crippen MR) is 109 cm³/mol. The molecule has 2 bridgehead atoms. The van der Waals surface area contributed by atoms with Crippen LogP contribution >= 0.6 is 0 Å². The lowest BCUT2D eigenvalue weighted by Gasteiger charge is -2.56. The van der Waals surface area contributed by atoms with Crippen molar-refractivity contribution in [1.82, 2.24) is 10.2 Å². The van der Waals surface area contributed by atoms with Gasteiger partial charge >= 0.3 is 0 Å². The quantitative estimate of drug-likeness (QED) is 0.778. The molecule has 5 heteroatoms. The van der Waals surface area contributed by atoms with Crippen LogP contribution in [0.25, 0.3) is 0 Å². The highest BCUT2D eigenvalue weighted by Gasteiger charge is 2.55. The van der Waals surface area contributed by atoms with Crippen LogP contribution in [0.3, 0.4) is 0 Å². The third-order valence-electron chi connectivity index (χ3n) is 7.63. The second kappa shape index (κ2) is 7.09. The Morgan fingerprint density at radius 1 is 1.00 bits per heavy atom. The van der Waals surface area contributed by atoms with Crippen molar-refractivity contribution in [3.05, 3.63) is 29.8 Å². The number of fused-ring (bicyclic) bond motifs is 3. The minimum Gasteiger partial charge on any atom is -0.362 e. The Kier molecular flexibility index (Phi) is 4.56. The van der Waals surface area contributed by atoms with Crippen LogP contribution in [0.15, 0.2) is 24.3 Å². The first kappa shape index (κ1) is 18.0. The summed E-state index contributed by atoms with van der Waals surface area (Å²) in [5.41, 5.74) is 1.29. The molecule has 1 aromatic rings. The summed E-state index contributed by atoms with van der Waals surface area (Å²) in [5, 5.41) is 6.98. The molecular weight excluding hydrogens is 350 g/mol. The molecule has 150 valence electrons. The van der Waals surface area contributed by atoms with Gasteiger partial charge in [0, 0.05) is 30.6 Å². The average molecular weight is 382 g/mol. The van der Waals surface area contributed by atoms with E-state index in [2.05, 4.69) is 15.5 Å². The van der Waals surface area contributed by atoms with Crippen molar-refractivity contribution in [2.75, 3.05) is 18.4 Å². The third kappa shape index (κ3) is 2.99. The van der Waals surface area contributed by atoms with Gasteiger partial charge in [0.15, 0.2) is 0 Å². The fourth-order valence-electron chi connectivity index (χ4n) is 6.15. The Hall–Kier alpha value is -2.04. The number of hydrogen-bond acceptors (Lipinski definition) is 3. The van der Waals surface area contributed by atoms with Gasteiger partial charge in [-0.05, 0) is 56.6 Å². The van der Waals surface area contributed by atoms with Gasteiger partial charge in [-0.25, -0.2) is 0 Å². The average Bonchev–Trinajstić information content (AvgIpc) is 2.67. The van der Waals surface area contributed by atoms with Crippen molar-refractivity contribution in [3.8, 4) is 0 Å². The van der Waals surface area contributed by atoms with Crippen LogP contribution in [0.5, 0.6) is 0 Å². The largest absolute Gasteiger partial charge is 0.362 e. The molecule has 5 nitrogen and oxygen atoms in total. The molecule has 6 rings (SSSR count). The molecule has 5 aliphatic rings. The molecule has 2 amide bonds. The molecule has 3 saturated carbocycles. The zero-order valence-corrected chi connectivity index (χ0v) is 16.6. The van der Waals surface area contributed by atoms with Gasteiger partial charge in [0.2, 0.25) is 5.91 Å². The van der Waals surface area contributed by atoms with Crippen LogP contribution in [0.2, 0.25) is 0 Å². The number of para-hydroxylation sites is 1. The minimum absolute atomic E-state index is 0.0218. The van der Waals surface area contributed by atoms with E-state index in [0.29, 0.717) is 17.7 Å². The predicted octanol–water partition coefficient (Wildman–Crippen LogP) is 3.77. The van der Waals surface area contributed by atoms with E-state index in [1.54, 1.807) is 0 Å². The lowest BCUT2D eigenvalue weighted by molar-refractivity contribution is -0.143. The monoisotopic (exact) mass is 381 g/mol. The summed E-state index contributed by atoms with van der Waals surface area (Å²) in [7, 11) is 0. The maximum atomic E-state index is 13.4. The van der Waals surface area contributed by atoms with E-state index in [4.69, 9.17) is 0 Å². The molecule has 4 fully saturated rings. The maximum Gasteiger partial charge on any atom is 0.255 e. The molecule has 3 unspecified atom stereocenters. The molecule has 1 aromatic carbocycles. The highest BCUT2D eigenvalue weighted by molar-refractivity contribution is 6.02. The number of hydrogen-bond donors (Lipinski definition) is 2. The minimum atomic E-state index is -0.374. The number of benzene rings is 1. The van der Waals surface area contributed by atoms with Crippen molar-refractivity contribution in [1.29, 1.82) is 0 Å². The first-order chi connectivity index (χ1) is 13.7. The molecule has 0 aromatic heterocycles. The standard InChI is InChI=1S/C23H31N3O2/c27-21-18-8-4-5-9-20(18)24-23(25-21)15-16-10-11-17(23)14-19(16)22(28)26-12-6-2-1-3-7-13-26/h4-5,8-9,16-17,19,24H,1-3,6-7,10-15H2,(H,25,27)/t16?,17?,19?,23-/m1/s1. The second-order valence-electron chi connectivity index (χ2n) is 9.27. The second-order valence-corrected chi connectivity index (χ2v) is 9.27. The fraction of sp³-hybridized carbons (Fsp3) is 0.652. The summed E-state index contributed by atoms with van der Waals surface area (Å²) in [6.07, 6.45) is 10.1. The van der Waals surface area contributed by atoms with E-state index in [9.17, 15) is 9.59 Å². The van der Waals surface area contributed by atoms with Gasteiger partial charge in [-0.15, -0.1) is 0 Å². The van der Waals surface area contributed by atoms with E-state index in [1.807, 2.05) is 24.3 Å². The van der Waals surface area contributed by atoms with Gasteiger partial charge in [-0.2, -0.15) is 0 Å². The van der Waals surface area contributed by atoms with Crippen molar-refractivity contribution >= 4 is 17.5 Å². The summed E-state index contributed by atoms with van der Waals surface area (Å²) in [5.74, 6) is 1.22. The first-order valence-electron chi connectivity index (χ1n) is 11.1. The lowest BCUT2D eigenvalue weighted by atomic mass is 9.58. The summed E-state index contributed by atoms with van der Waals surface area (Å²) in [4.78, 5) is 28.3. The summed E-state index contributed by atoms with van der Waals surface area (Å²) in [6.45, 7) is 1.86. The molecule has 28 heavy (non-hydrogen) atoms. The van der Waals surface area contributed by atoms with Crippen molar-refractivity contribution in [3.63, 3.8) is 0 Å². The number of nitrogens with one attached hydrogen (secondary N) is 2. The third-order valence-corrected chi connectivity index (χ3v) is 7.63. The van der Waals surface area contributed by atoms with E-state index < -0.39 is 0 Å². The Labute approximate surface area is 167 Å². The van der Waals surface area contributed by atoms with Gasteiger partial charge in [0.05, 0.1) is 5.56 Å². The number of anilines is 1. The topological polar surface area (TPSA) is 61.4 Å². The summed E-state index contributed by atoms with van der Waals surface area (Å²) in [6, 6.07) is 7.76. The van der Waals surface area contributed by atoms with Gasteiger partial charge in [0.1, 0.15) is 5.66 Å². The number of amides is 2. The van der Waals surface area contributed by atoms with E-state index in [1.165, 1.54) is 19.3 Å². The van der Waals surface area contributed by atoms with Gasteiger partial charge in [0.25, 0.3) is 5.91 Å². The SMILES string of the molecule is O=C1N[C@@]2(CC3CCC2CC3C(=O)N2CCCCCCC2)Nc2ccccc21. The Morgan fingerprint density at radius 3 is 2.50 bits per heavy atom. The summed E-state index contributed by atoms with van der Waals surface area (Å²) < 4.78 is 0. The lowest BCUT2D eigenvalue weighted by Crippen LogP contribution is -2.68. The van der Waals surface area contributed by atoms with Crippen LogP contribution in [0, 0.1) is 17.8 Å². The van der Waals surface area contributed by atoms with E-state index in [0.717, 1.165) is 62.9 Å². The zero-order chi connectivity index (χ0) is 19.1. The number of likely N-dealkylation sites (tertiary alicyclic amines) is 1. The van der Waals surface area contributed by atoms with Crippen LogP contribution in [-0.4, -0.2) is 35.5 Å². The van der Waals surface area contributed by atoms with Crippen LogP contribution < -0.4 is 10.6 Å². The maximum absolute atomic E-state index is 13.4. The number of rotatable bonds is 1. The highest BCUT2D eigenvalue weighted by Crippen LogP contribution is 2.52. The van der Waals surface area contributed by atoms with Crippen molar-refractivity contribution in [2.45, 2.75) is 63.5 Å². The fourth-order valence-corrected chi connectivity index (χ4v) is 6.15. The van der Waals surface area contributed by atoms with Crippen LogP contribution in [0.4, 0.5) is 5.69 Å². The molecule has 4 atom stereocenters. The Morgan fingerprint density at radius 2 is 1.75 bits per heavy atom. The molecule has 1 spiro atoms. The van der Waals surface area contributed by atoms with Crippen molar-refractivity contribution < 1.29 is 9.59 Å². The van der Waals surface area contributed by atoms with Crippen LogP contribution in [0.1, 0.15) is 68.1 Å². The molecule has 2 N–H and O–H groups in total. The summed E-state index contributed by atoms with van der Waals surface area (Å²) >= 11 is 0. The highest BCUT2D eigenvalue weighted by atomic mass is 16.2. The zero-order valence-electron chi connectivity index (χ0n) is 16.6. The molecule has 0 radical (unpaired) electrons. The van der Waals surface area contributed by atoms with Gasteiger partial charge in [-0.3, -0.25) is 9.59 Å². The number of carbonyl (C=O) groups excluding carboxylic acids is 2. The van der Waals surface area contributed by atoms with Gasteiger partial charge < -0.3 is 15.5 Å². The Bertz CT molecular complexity index is 771. The molecule has 2 aliphatic heterocycles. The first-order valence-corrected chi connectivity index (χ1v) is 11.1. The Balaban J connectivity index is 1.34. The van der Waals surface area contributed by atoms with Crippen molar-refractivity contribution in [2.24, 2.45) is 17.8 Å². The normalized spacial score (nSPS) is 34.8. The molecule has 2 heterocycles. The molecule has 3 aliphatic carbocycles.